The molecule has 0 saturated carbocycles. The third kappa shape index (κ3) is 10.3. The molecule has 0 aromatic heterocycles. The normalized spacial score (nSPS) is 10.8. The molecule has 0 aliphatic rings. The topological polar surface area (TPSA) is 44.8 Å². The summed E-state index contributed by atoms with van der Waals surface area (Å²) in [6.07, 6.45) is 6.84. The lowest BCUT2D eigenvalue weighted by atomic mass is 10.1. The van der Waals surface area contributed by atoms with E-state index in [2.05, 4.69) is 0 Å². The molecular formula is C13H26O4. The van der Waals surface area contributed by atoms with Gasteiger partial charge in [-0.05, 0) is 26.2 Å². The number of esters is 1. The van der Waals surface area contributed by atoms with Gasteiger partial charge in [-0.25, -0.2) is 0 Å². The molecule has 0 bridgehead atoms. The SMILES string of the molecule is CCOC(=O)CCCCCCCC(OC)OC. The quantitative estimate of drug-likeness (QED) is 0.319. The van der Waals surface area contributed by atoms with Gasteiger partial charge in [0.1, 0.15) is 0 Å². The first-order chi connectivity index (χ1) is 8.24. The molecule has 0 rings (SSSR count). The van der Waals surface area contributed by atoms with Gasteiger partial charge in [0.25, 0.3) is 0 Å². The second-order valence-corrected chi connectivity index (χ2v) is 4.01. The molecule has 0 atom stereocenters. The lowest BCUT2D eigenvalue weighted by molar-refractivity contribution is -0.143. The summed E-state index contributed by atoms with van der Waals surface area (Å²) in [4.78, 5) is 11.0. The van der Waals surface area contributed by atoms with Crippen LogP contribution in [0.4, 0.5) is 0 Å². The fourth-order valence-electron chi connectivity index (χ4n) is 1.68. The van der Waals surface area contributed by atoms with Gasteiger partial charge in [-0.2, -0.15) is 0 Å². The Labute approximate surface area is 105 Å². The van der Waals surface area contributed by atoms with Crippen molar-refractivity contribution < 1.29 is 19.0 Å². The van der Waals surface area contributed by atoms with Crippen LogP contribution >= 0.6 is 0 Å². The Balaban J connectivity index is 3.21. The van der Waals surface area contributed by atoms with Gasteiger partial charge in [0.05, 0.1) is 6.61 Å². The molecule has 0 aromatic rings. The highest BCUT2D eigenvalue weighted by atomic mass is 16.7. The fraction of sp³-hybridized carbons (Fsp3) is 0.923. The standard InChI is InChI=1S/C13H26O4/c1-4-17-12(14)10-8-6-5-7-9-11-13(15-2)16-3/h13H,4-11H2,1-3H3. The minimum Gasteiger partial charge on any atom is -0.466 e. The second-order valence-electron chi connectivity index (χ2n) is 4.01. The number of methoxy groups -OCH3 is 2. The van der Waals surface area contributed by atoms with E-state index >= 15 is 0 Å². The molecule has 0 saturated heterocycles. The molecule has 0 aliphatic heterocycles. The molecule has 0 aliphatic carbocycles. The van der Waals surface area contributed by atoms with E-state index in [0.717, 1.165) is 38.5 Å². The van der Waals surface area contributed by atoms with E-state index in [-0.39, 0.29) is 12.3 Å². The van der Waals surface area contributed by atoms with E-state index < -0.39 is 0 Å². The zero-order valence-electron chi connectivity index (χ0n) is 11.4. The first kappa shape index (κ1) is 16.4. The lowest BCUT2D eigenvalue weighted by Crippen LogP contribution is -2.12. The van der Waals surface area contributed by atoms with Crippen LogP contribution in [0.2, 0.25) is 0 Å². The zero-order valence-corrected chi connectivity index (χ0v) is 11.4. The number of carbonyl (C=O) groups excluding carboxylic acids is 1. The van der Waals surface area contributed by atoms with Gasteiger partial charge >= 0.3 is 5.97 Å². The van der Waals surface area contributed by atoms with Crippen molar-refractivity contribution in [3.8, 4) is 0 Å². The maximum Gasteiger partial charge on any atom is 0.305 e. The molecule has 0 N–H and O–H groups in total. The van der Waals surface area contributed by atoms with Crippen molar-refractivity contribution in [1.82, 2.24) is 0 Å². The molecule has 0 fully saturated rings. The summed E-state index contributed by atoms with van der Waals surface area (Å²) in [6.45, 7) is 2.31. The summed E-state index contributed by atoms with van der Waals surface area (Å²) < 4.78 is 15.1. The molecule has 4 heteroatoms. The van der Waals surface area contributed by atoms with Crippen LogP contribution in [0.15, 0.2) is 0 Å². The van der Waals surface area contributed by atoms with E-state index in [0.29, 0.717) is 13.0 Å². The third-order valence-electron chi connectivity index (χ3n) is 2.65. The van der Waals surface area contributed by atoms with Crippen molar-refractivity contribution in [1.29, 1.82) is 0 Å². The summed E-state index contributed by atoms with van der Waals surface area (Å²) in [5.74, 6) is -0.0775. The maximum absolute atomic E-state index is 11.0. The van der Waals surface area contributed by atoms with E-state index in [1.807, 2.05) is 6.92 Å². The van der Waals surface area contributed by atoms with Gasteiger partial charge in [-0.1, -0.05) is 19.3 Å². The Morgan fingerprint density at radius 1 is 1.00 bits per heavy atom. The highest BCUT2D eigenvalue weighted by Crippen LogP contribution is 2.10. The third-order valence-corrected chi connectivity index (χ3v) is 2.65. The van der Waals surface area contributed by atoms with Crippen molar-refractivity contribution in [2.45, 2.75) is 58.2 Å². The largest absolute Gasteiger partial charge is 0.466 e. The van der Waals surface area contributed by atoms with Crippen LogP contribution in [-0.4, -0.2) is 33.1 Å². The molecule has 102 valence electrons. The van der Waals surface area contributed by atoms with Gasteiger partial charge in [-0.3, -0.25) is 4.79 Å². The number of hydrogen-bond donors (Lipinski definition) is 0. The molecule has 0 amide bonds. The lowest BCUT2D eigenvalue weighted by Gasteiger charge is -2.12. The van der Waals surface area contributed by atoms with Crippen LogP contribution in [0.5, 0.6) is 0 Å². The fourth-order valence-corrected chi connectivity index (χ4v) is 1.68. The first-order valence-corrected chi connectivity index (χ1v) is 6.45. The van der Waals surface area contributed by atoms with Gasteiger partial charge in [0.2, 0.25) is 0 Å². The molecule has 0 aromatic carbocycles. The highest BCUT2D eigenvalue weighted by Gasteiger charge is 2.04. The van der Waals surface area contributed by atoms with E-state index in [1.54, 1.807) is 14.2 Å². The molecule has 4 nitrogen and oxygen atoms in total. The Morgan fingerprint density at radius 2 is 1.59 bits per heavy atom. The number of rotatable bonds is 11. The van der Waals surface area contributed by atoms with Crippen molar-refractivity contribution >= 4 is 5.97 Å². The molecular weight excluding hydrogens is 220 g/mol. The Bertz CT molecular complexity index is 178. The van der Waals surface area contributed by atoms with Crippen molar-refractivity contribution in [3.63, 3.8) is 0 Å². The number of carbonyl (C=O) groups is 1. The Morgan fingerprint density at radius 3 is 2.18 bits per heavy atom. The van der Waals surface area contributed by atoms with Gasteiger partial charge < -0.3 is 14.2 Å². The Kier molecular flexibility index (Phi) is 11.4. The number of hydrogen-bond acceptors (Lipinski definition) is 4. The minimum atomic E-state index is -0.0775. The molecule has 0 unspecified atom stereocenters. The van der Waals surface area contributed by atoms with Crippen LogP contribution in [0.25, 0.3) is 0 Å². The van der Waals surface area contributed by atoms with Crippen LogP contribution in [-0.2, 0) is 19.0 Å². The maximum atomic E-state index is 11.0. The monoisotopic (exact) mass is 246 g/mol. The number of unbranched alkanes of at least 4 members (excludes halogenated alkanes) is 4. The van der Waals surface area contributed by atoms with E-state index in [1.165, 1.54) is 0 Å². The highest BCUT2D eigenvalue weighted by molar-refractivity contribution is 5.69. The summed E-state index contributed by atoms with van der Waals surface area (Å²) >= 11 is 0. The predicted molar refractivity (Wildman–Crippen MR) is 66.8 cm³/mol. The predicted octanol–water partition coefficient (Wildman–Crippen LogP) is 2.90. The molecule has 0 heterocycles. The average Bonchev–Trinajstić information content (AvgIpc) is 2.33. The Hall–Kier alpha value is -0.610. The van der Waals surface area contributed by atoms with Gasteiger partial charge in [-0.15, -0.1) is 0 Å². The van der Waals surface area contributed by atoms with Crippen LogP contribution in [0.3, 0.4) is 0 Å². The van der Waals surface area contributed by atoms with Crippen molar-refractivity contribution in [2.75, 3.05) is 20.8 Å². The summed E-state index contributed by atoms with van der Waals surface area (Å²) in [7, 11) is 3.32. The summed E-state index contributed by atoms with van der Waals surface area (Å²) in [6, 6.07) is 0. The molecule has 0 spiro atoms. The van der Waals surface area contributed by atoms with Gasteiger partial charge in [0.15, 0.2) is 6.29 Å². The van der Waals surface area contributed by atoms with Crippen LogP contribution in [0.1, 0.15) is 51.9 Å². The second kappa shape index (κ2) is 11.9. The van der Waals surface area contributed by atoms with E-state index in [9.17, 15) is 4.79 Å². The average molecular weight is 246 g/mol. The molecule has 17 heavy (non-hydrogen) atoms. The minimum absolute atomic E-state index is 0.0745. The first-order valence-electron chi connectivity index (χ1n) is 6.45. The van der Waals surface area contributed by atoms with Crippen LogP contribution in [0, 0.1) is 0 Å². The molecule has 0 radical (unpaired) electrons. The van der Waals surface area contributed by atoms with Crippen molar-refractivity contribution in [2.24, 2.45) is 0 Å². The smallest absolute Gasteiger partial charge is 0.305 e. The van der Waals surface area contributed by atoms with E-state index in [4.69, 9.17) is 14.2 Å². The zero-order chi connectivity index (χ0) is 12.9. The van der Waals surface area contributed by atoms with Gasteiger partial charge in [0, 0.05) is 20.6 Å². The summed E-state index contributed by atoms with van der Waals surface area (Å²) in [5, 5.41) is 0. The van der Waals surface area contributed by atoms with Crippen molar-refractivity contribution in [3.05, 3.63) is 0 Å². The van der Waals surface area contributed by atoms with Crippen LogP contribution < -0.4 is 0 Å². The summed E-state index contributed by atoms with van der Waals surface area (Å²) in [5.41, 5.74) is 0. The number of ether oxygens (including phenoxy) is 3.